The number of nitrogens with zero attached hydrogens (tertiary/aromatic N) is 5. The lowest BCUT2D eigenvalue weighted by Gasteiger charge is -2.36. The minimum absolute atomic E-state index is 0.153. The average Bonchev–Trinajstić information content (AvgIpc) is 3.40. The van der Waals surface area contributed by atoms with Gasteiger partial charge in [0.2, 0.25) is 0 Å². The number of thiazole rings is 1. The largest absolute Gasteiger partial charge is 0.443 e. The number of pyridine rings is 2. The van der Waals surface area contributed by atoms with Crippen LogP contribution < -0.4 is 4.90 Å². The molecule has 33 heavy (non-hydrogen) atoms. The number of fused-ring (bicyclic) bond motifs is 1. The third-order valence-corrected chi connectivity index (χ3v) is 6.72. The van der Waals surface area contributed by atoms with Crippen LogP contribution in [0.3, 0.4) is 0 Å². The molecule has 8 heteroatoms. The van der Waals surface area contributed by atoms with E-state index in [1.165, 1.54) is 11.3 Å². The van der Waals surface area contributed by atoms with E-state index in [0.29, 0.717) is 0 Å². The smallest absolute Gasteiger partial charge is 0.410 e. The highest BCUT2D eigenvalue weighted by Gasteiger charge is 2.27. The summed E-state index contributed by atoms with van der Waals surface area (Å²) in [4.78, 5) is 29.9. The Labute approximate surface area is 196 Å². The fourth-order valence-corrected chi connectivity index (χ4v) is 4.72. The van der Waals surface area contributed by atoms with Crippen LogP contribution in [0.15, 0.2) is 65.6 Å². The van der Waals surface area contributed by atoms with E-state index in [-0.39, 0.29) is 18.7 Å². The van der Waals surface area contributed by atoms with Crippen molar-refractivity contribution < 1.29 is 9.53 Å². The van der Waals surface area contributed by atoms with Gasteiger partial charge in [0.1, 0.15) is 12.4 Å². The van der Waals surface area contributed by atoms with E-state index in [9.17, 15) is 4.79 Å². The Morgan fingerprint density at radius 3 is 2.85 bits per heavy atom. The molecule has 3 aromatic heterocycles. The molecule has 0 N–H and O–H groups in total. The molecule has 4 aromatic rings. The van der Waals surface area contributed by atoms with Gasteiger partial charge < -0.3 is 14.5 Å². The van der Waals surface area contributed by atoms with E-state index in [1.807, 2.05) is 36.8 Å². The predicted molar refractivity (Wildman–Crippen MR) is 130 cm³/mol. The number of rotatable bonds is 5. The predicted octanol–water partition coefficient (Wildman–Crippen LogP) is 4.99. The Bertz CT molecular complexity index is 1240. The molecule has 1 aliphatic rings. The normalized spacial score (nSPS) is 14.4. The molecule has 0 radical (unpaired) electrons. The summed E-state index contributed by atoms with van der Waals surface area (Å²) in [5.74, 6) is 0.964. The molecule has 1 saturated heterocycles. The molecule has 0 saturated carbocycles. The number of benzene rings is 1. The molecule has 0 aliphatic carbocycles. The van der Waals surface area contributed by atoms with Crippen LogP contribution >= 0.6 is 11.3 Å². The van der Waals surface area contributed by atoms with Crippen molar-refractivity contribution in [1.29, 1.82) is 0 Å². The molecule has 168 valence electrons. The van der Waals surface area contributed by atoms with Gasteiger partial charge in [-0.1, -0.05) is 18.2 Å². The summed E-state index contributed by atoms with van der Waals surface area (Å²) in [7, 11) is 1.82. The molecule has 1 fully saturated rings. The molecular formula is C25H25N5O2S. The topological polar surface area (TPSA) is 71.5 Å². The Hall–Kier alpha value is -3.52. The molecule has 7 nitrogen and oxygen atoms in total. The average molecular weight is 460 g/mol. The Morgan fingerprint density at radius 1 is 1.15 bits per heavy atom. The van der Waals surface area contributed by atoms with Crippen molar-refractivity contribution in [3.8, 4) is 11.3 Å². The zero-order chi connectivity index (χ0) is 22.6. The van der Waals surface area contributed by atoms with E-state index >= 15 is 0 Å². The summed E-state index contributed by atoms with van der Waals surface area (Å²) in [5, 5.41) is 2.99. The number of carbonyl (C=O) groups excluding carboxylic acids is 1. The summed E-state index contributed by atoms with van der Waals surface area (Å²) in [6, 6.07) is 16.6. The van der Waals surface area contributed by atoms with Crippen molar-refractivity contribution in [1.82, 2.24) is 19.9 Å². The van der Waals surface area contributed by atoms with Crippen molar-refractivity contribution in [3.63, 3.8) is 0 Å². The molecule has 0 unspecified atom stereocenters. The summed E-state index contributed by atoms with van der Waals surface area (Å²) in [6.07, 6.45) is 3.25. The maximum Gasteiger partial charge on any atom is 0.410 e. The first kappa shape index (κ1) is 21.3. The van der Waals surface area contributed by atoms with Crippen LogP contribution in [0.5, 0.6) is 0 Å². The van der Waals surface area contributed by atoms with Gasteiger partial charge >= 0.3 is 6.09 Å². The van der Waals surface area contributed by atoms with Crippen molar-refractivity contribution in [3.05, 3.63) is 71.3 Å². The third-order valence-electron chi connectivity index (χ3n) is 6.08. The molecule has 0 spiro atoms. The molecule has 0 bridgehead atoms. The van der Waals surface area contributed by atoms with E-state index < -0.39 is 0 Å². The van der Waals surface area contributed by atoms with Crippen molar-refractivity contribution in [2.45, 2.75) is 25.5 Å². The van der Waals surface area contributed by atoms with Gasteiger partial charge in [-0.15, -0.1) is 11.3 Å². The second-order valence-electron chi connectivity index (χ2n) is 8.16. The Kier molecular flexibility index (Phi) is 6.17. The molecule has 4 heterocycles. The highest BCUT2D eigenvalue weighted by Crippen LogP contribution is 2.26. The third kappa shape index (κ3) is 4.80. The van der Waals surface area contributed by atoms with Gasteiger partial charge in [0.15, 0.2) is 0 Å². The van der Waals surface area contributed by atoms with Crippen LogP contribution in [0.1, 0.15) is 18.5 Å². The highest BCUT2D eigenvalue weighted by molar-refractivity contribution is 7.07. The maximum absolute atomic E-state index is 12.4. The molecule has 5 rings (SSSR count). The first-order valence-corrected chi connectivity index (χ1v) is 12.0. The summed E-state index contributed by atoms with van der Waals surface area (Å²) in [5.41, 5.74) is 5.53. The van der Waals surface area contributed by atoms with Gasteiger partial charge in [0.05, 0.1) is 22.4 Å². The lowest BCUT2D eigenvalue weighted by atomic mass is 10.0. The zero-order valence-electron chi connectivity index (χ0n) is 18.4. The molecule has 1 aliphatic heterocycles. The number of piperidine rings is 1. The van der Waals surface area contributed by atoms with Gasteiger partial charge in [-0.3, -0.25) is 4.98 Å². The number of hydrogen-bond acceptors (Lipinski definition) is 7. The van der Waals surface area contributed by atoms with E-state index in [0.717, 1.165) is 59.6 Å². The van der Waals surface area contributed by atoms with Crippen LogP contribution in [0.4, 0.5) is 10.6 Å². The number of anilines is 1. The summed E-state index contributed by atoms with van der Waals surface area (Å²) in [6.45, 7) is 1.89. The SMILES string of the molecule is CN(C(=O)OCc1cscn1)C1CCN(c2cccc(-c3ccc4ncccc4c3)n2)CC1. The standard InChI is InChI=1S/C25H25N5O2S/c1-29(25(31)32-15-20-16-33-17-27-20)21-9-12-30(13-10-21)24-6-2-5-23(28-24)19-7-8-22-18(14-19)4-3-11-26-22/h2-8,11,14,16-17,21H,9-10,12-13,15H2,1H3. The first-order valence-electron chi connectivity index (χ1n) is 11.0. The van der Waals surface area contributed by atoms with Crippen LogP contribution in [0, 0.1) is 0 Å². The van der Waals surface area contributed by atoms with Crippen molar-refractivity contribution >= 4 is 34.2 Å². The minimum Gasteiger partial charge on any atom is -0.443 e. The highest BCUT2D eigenvalue weighted by atomic mass is 32.1. The maximum atomic E-state index is 12.4. The second kappa shape index (κ2) is 9.54. The van der Waals surface area contributed by atoms with Gasteiger partial charge in [-0.25, -0.2) is 14.8 Å². The van der Waals surface area contributed by atoms with Crippen LogP contribution in [-0.4, -0.2) is 52.1 Å². The lowest BCUT2D eigenvalue weighted by Crippen LogP contribution is -2.46. The van der Waals surface area contributed by atoms with Crippen LogP contribution in [0.25, 0.3) is 22.2 Å². The van der Waals surface area contributed by atoms with Gasteiger partial charge in [-0.2, -0.15) is 0 Å². The number of amides is 1. The second-order valence-corrected chi connectivity index (χ2v) is 8.87. The summed E-state index contributed by atoms with van der Waals surface area (Å²) < 4.78 is 5.41. The molecule has 1 aromatic carbocycles. The fourth-order valence-electron chi connectivity index (χ4n) is 4.17. The van der Waals surface area contributed by atoms with Gasteiger partial charge in [0, 0.05) is 48.7 Å². The summed E-state index contributed by atoms with van der Waals surface area (Å²) >= 11 is 1.50. The number of carbonyl (C=O) groups is 1. The van der Waals surface area contributed by atoms with E-state index in [4.69, 9.17) is 9.72 Å². The Morgan fingerprint density at radius 2 is 2.03 bits per heavy atom. The first-order chi connectivity index (χ1) is 16.2. The lowest BCUT2D eigenvalue weighted by molar-refractivity contribution is 0.0854. The van der Waals surface area contributed by atoms with Gasteiger partial charge in [0.25, 0.3) is 0 Å². The van der Waals surface area contributed by atoms with Crippen molar-refractivity contribution in [2.75, 3.05) is 25.0 Å². The Balaban J connectivity index is 1.21. The quantitative estimate of drug-likeness (QED) is 0.419. The molecule has 1 amide bonds. The molecule has 0 atom stereocenters. The van der Waals surface area contributed by atoms with E-state index in [1.54, 1.807) is 10.4 Å². The number of aromatic nitrogens is 3. The van der Waals surface area contributed by atoms with Crippen LogP contribution in [-0.2, 0) is 11.3 Å². The fraction of sp³-hybridized carbons (Fsp3) is 0.280. The molecular weight excluding hydrogens is 434 g/mol. The minimum atomic E-state index is -0.299. The van der Waals surface area contributed by atoms with Crippen molar-refractivity contribution in [2.24, 2.45) is 0 Å². The zero-order valence-corrected chi connectivity index (χ0v) is 19.2. The monoisotopic (exact) mass is 459 g/mol. The number of ether oxygens (including phenoxy) is 1. The van der Waals surface area contributed by atoms with E-state index in [2.05, 4.69) is 45.2 Å². The van der Waals surface area contributed by atoms with Crippen LogP contribution in [0.2, 0.25) is 0 Å². The van der Waals surface area contributed by atoms with Gasteiger partial charge in [-0.05, 0) is 43.2 Å². The number of hydrogen-bond donors (Lipinski definition) is 0.